The monoisotopic (exact) mass is 568 g/mol. The van der Waals surface area contributed by atoms with E-state index in [2.05, 4.69) is 10.4 Å². The molecule has 2 amide bonds. The molecule has 1 fully saturated rings. The van der Waals surface area contributed by atoms with Gasteiger partial charge in [0.25, 0.3) is 11.8 Å². The lowest BCUT2D eigenvalue weighted by Gasteiger charge is -2.42. The van der Waals surface area contributed by atoms with E-state index in [1.54, 1.807) is 6.07 Å². The number of amides is 2. The average molecular weight is 569 g/mol. The first-order valence-corrected chi connectivity index (χ1v) is 15.0. The quantitative estimate of drug-likeness (QED) is 0.446. The van der Waals surface area contributed by atoms with Crippen molar-refractivity contribution < 1.29 is 35.9 Å². The Hall–Kier alpha value is -3.09. The fraction of sp³-hybridized carbons (Fsp3) is 0.577. The minimum Gasteiger partial charge on any atom is -0.494 e. The zero-order valence-electron chi connectivity index (χ0n) is 21.6. The lowest BCUT2D eigenvalue weighted by atomic mass is 9.71. The molecule has 0 unspecified atom stereocenters. The summed E-state index contributed by atoms with van der Waals surface area (Å²) in [5.74, 6) is -0.371. The number of aromatic nitrogens is 2. The first-order valence-electron chi connectivity index (χ1n) is 13.1. The summed E-state index contributed by atoms with van der Waals surface area (Å²) in [5, 5.41) is 7.74. The van der Waals surface area contributed by atoms with Crippen molar-refractivity contribution in [1.29, 1.82) is 0 Å². The molecule has 2 heterocycles. The molecular weight excluding hydrogens is 537 g/mol. The predicted octanol–water partition coefficient (Wildman–Crippen LogP) is 3.61. The van der Waals surface area contributed by atoms with Gasteiger partial charge in [0.05, 0.1) is 29.7 Å². The normalized spacial score (nSPS) is 20.8. The number of alkyl halides is 3. The number of fused-ring (bicyclic) bond motifs is 3. The van der Waals surface area contributed by atoms with Crippen molar-refractivity contribution >= 4 is 21.8 Å². The van der Waals surface area contributed by atoms with Crippen molar-refractivity contribution in [2.45, 2.75) is 76.0 Å². The Morgan fingerprint density at radius 2 is 2.08 bits per heavy atom. The van der Waals surface area contributed by atoms with Crippen molar-refractivity contribution in [3.63, 3.8) is 0 Å². The Balaban J connectivity index is 1.42. The lowest BCUT2D eigenvalue weighted by Crippen LogP contribution is -2.53. The van der Waals surface area contributed by atoms with E-state index in [1.165, 1.54) is 4.68 Å². The maximum absolute atomic E-state index is 13.5. The maximum atomic E-state index is 13.5. The Morgan fingerprint density at radius 3 is 2.77 bits per heavy atom. The maximum Gasteiger partial charge on any atom is 0.389 e. The molecule has 2 aliphatic carbocycles. The molecule has 1 aromatic carbocycles. The molecule has 39 heavy (non-hydrogen) atoms. The number of hydrogen-bond acceptors (Lipinski definition) is 6. The summed E-state index contributed by atoms with van der Waals surface area (Å²) in [6, 6.07) is 5.34. The number of sulfonamides is 1. The molecule has 5 rings (SSSR count). The molecule has 1 aliphatic heterocycles. The largest absolute Gasteiger partial charge is 0.494 e. The Bertz CT molecular complexity index is 1400. The van der Waals surface area contributed by atoms with E-state index in [1.807, 2.05) is 16.9 Å². The SMILES string of the molecule is CS(=O)(=O)NC(=O)c1c2c(nn1CCC1CC1)C[C@]1(CCCc3cc(OCCCC(F)(F)F)ccc31)NC2=O. The highest BCUT2D eigenvalue weighted by molar-refractivity contribution is 7.89. The molecule has 212 valence electrons. The van der Waals surface area contributed by atoms with Crippen molar-refractivity contribution in [1.82, 2.24) is 19.8 Å². The van der Waals surface area contributed by atoms with Gasteiger partial charge in [-0.2, -0.15) is 18.3 Å². The van der Waals surface area contributed by atoms with Crippen molar-refractivity contribution in [3.05, 3.63) is 46.3 Å². The highest BCUT2D eigenvalue weighted by Crippen LogP contribution is 2.43. The molecule has 0 saturated heterocycles. The summed E-state index contributed by atoms with van der Waals surface area (Å²) < 4.78 is 69.8. The zero-order valence-corrected chi connectivity index (χ0v) is 22.4. The summed E-state index contributed by atoms with van der Waals surface area (Å²) in [7, 11) is -3.86. The molecule has 1 atom stereocenters. The fourth-order valence-electron chi connectivity index (χ4n) is 5.63. The lowest BCUT2D eigenvalue weighted by molar-refractivity contribution is -0.136. The molecule has 1 saturated carbocycles. The third-order valence-corrected chi connectivity index (χ3v) is 8.08. The Labute approximate surface area is 224 Å². The highest BCUT2D eigenvalue weighted by Gasteiger charge is 2.46. The van der Waals surface area contributed by atoms with E-state index >= 15 is 0 Å². The smallest absolute Gasteiger partial charge is 0.389 e. The van der Waals surface area contributed by atoms with Crippen LogP contribution in [0.3, 0.4) is 0 Å². The van der Waals surface area contributed by atoms with Crippen LogP contribution in [0.25, 0.3) is 0 Å². The second-order valence-corrected chi connectivity index (χ2v) is 12.5. The van der Waals surface area contributed by atoms with Gasteiger partial charge in [-0.3, -0.25) is 14.3 Å². The number of nitrogens with one attached hydrogen (secondary N) is 2. The van der Waals surface area contributed by atoms with Gasteiger partial charge in [0.2, 0.25) is 10.0 Å². The van der Waals surface area contributed by atoms with Gasteiger partial charge < -0.3 is 10.1 Å². The number of ether oxygens (including phenoxy) is 1. The Morgan fingerprint density at radius 1 is 1.31 bits per heavy atom. The highest BCUT2D eigenvalue weighted by atomic mass is 32.2. The van der Waals surface area contributed by atoms with Crippen LogP contribution in [-0.2, 0) is 34.9 Å². The third kappa shape index (κ3) is 6.23. The molecule has 0 radical (unpaired) electrons. The molecule has 1 spiro atoms. The van der Waals surface area contributed by atoms with Gasteiger partial charge >= 0.3 is 6.18 Å². The summed E-state index contributed by atoms with van der Waals surface area (Å²) >= 11 is 0. The third-order valence-electron chi connectivity index (χ3n) is 7.53. The van der Waals surface area contributed by atoms with Crippen LogP contribution in [0.4, 0.5) is 13.2 Å². The number of nitrogens with zero attached hydrogens (tertiary/aromatic N) is 2. The number of carbonyl (C=O) groups excluding carboxylic acids is 2. The van der Waals surface area contributed by atoms with Crippen molar-refractivity contribution in [2.24, 2.45) is 5.92 Å². The van der Waals surface area contributed by atoms with Crippen LogP contribution in [0.2, 0.25) is 0 Å². The number of carbonyl (C=O) groups is 2. The summed E-state index contributed by atoms with van der Waals surface area (Å²) in [6.45, 7) is 0.343. The van der Waals surface area contributed by atoms with E-state index in [-0.39, 0.29) is 24.3 Å². The minimum atomic E-state index is -4.22. The van der Waals surface area contributed by atoms with Crippen LogP contribution in [0, 0.1) is 5.92 Å². The number of rotatable bonds is 9. The second kappa shape index (κ2) is 10.1. The van der Waals surface area contributed by atoms with Gasteiger partial charge in [0, 0.05) is 19.4 Å². The number of benzene rings is 1. The number of hydrogen-bond donors (Lipinski definition) is 2. The first-order chi connectivity index (χ1) is 18.3. The van der Waals surface area contributed by atoms with E-state index < -0.39 is 40.0 Å². The summed E-state index contributed by atoms with van der Waals surface area (Å²) in [6.07, 6.45) is 1.02. The summed E-state index contributed by atoms with van der Waals surface area (Å²) in [5.41, 5.74) is 1.52. The average Bonchev–Trinajstić information content (AvgIpc) is 3.58. The van der Waals surface area contributed by atoms with Crippen LogP contribution in [-0.4, -0.2) is 49.1 Å². The van der Waals surface area contributed by atoms with Gasteiger partial charge in [-0.25, -0.2) is 13.1 Å². The molecule has 1 aromatic heterocycles. The van der Waals surface area contributed by atoms with Crippen molar-refractivity contribution in [2.75, 3.05) is 12.9 Å². The summed E-state index contributed by atoms with van der Waals surface area (Å²) in [4.78, 5) is 26.5. The molecular formula is C26H31F3N4O5S. The van der Waals surface area contributed by atoms with Gasteiger partial charge in [-0.1, -0.05) is 18.9 Å². The second-order valence-electron chi connectivity index (χ2n) is 10.8. The number of aryl methyl sites for hydroxylation is 2. The van der Waals surface area contributed by atoms with Gasteiger partial charge in [-0.05, 0) is 61.3 Å². The van der Waals surface area contributed by atoms with Crippen LogP contribution < -0.4 is 14.8 Å². The van der Waals surface area contributed by atoms with Crippen LogP contribution in [0.5, 0.6) is 5.75 Å². The molecule has 9 nitrogen and oxygen atoms in total. The standard InChI is InChI=1S/C26H31F3N4O5S/c1-39(36,37)32-24(35)22-21-20(31-33(22)12-9-16-5-6-16)15-25(30-23(21)34)10-2-4-17-14-18(7-8-19(17)25)38-13-3-11-26(27,28)29/h7-8,14,16H,2-6,9-13,15H2,1H3,(H,30,34)(H,32,35)/t25-/m0/s1. The van der Waals surface area contributed by atoms with Gasteiger partial charge in [0.1, 0.15) is 11.4 Å². The minimum absolute atomic E-state index is 0.0536. The van der Waals surface area contributed by atoms with E-state index in [4.69, 9.17) is 4.74 Å². The molecule has 13 heteroatoms. The van der Waals surface area contributed by atoms with Crippen LogP contribution >= 0.6 is 0 Å². The van der Waals surface area contributed by atoms with Gasteiger partial charge in [0.15, 0.2) is 0 Å². The fourth-order valence-corrected chi connectivity index (χ4v) is 6.06. The molecule has 3 aliphatic rings. The molecule has 0 bridgehead atoms. The topological polar surface area (TPSA) is 119 Å². The van der Waals surface area contributed by atoms with E-state index in [0.29, 0.717) is 36.7 Å². The molecule has 2 aromatic rings. The number of halogens is 3. The Kier molecular flexibility index (Phi) is 7.15. The first kappa shape index (κ1) is 27.5. The van der Waals surface area contributed by atoms with Crippen LogP contribution in [0.15, 0.2) is 18.2 Å². The van der Waals surface area contributed by atoms with Crippen LogP contribution in [0.1, 0.15) is 82.6 Å². The van der Waals surface area contributed by atoms with E-state index in [9.17, 15) is 31.2 Å². The van der Waals surface area contributed by atoms with Gasteiger partial charge in [-0.15, -0.1) is 0 Å². The van der Waals surface area contributed by atoms with E-state index in [0.717, 1.165) is 49.5 Å². The molecule has 2 N–H and O–H groups in total. The van der Waals surface area contributed by atoms with Crippen molar-refractivity contribution in [3.8, 4) is 5.75 Å². The predicted molar refractivity (Wildman–Crippen MR) is 135 cm³/mol. The zero-order chi connectivity index (χ0) is 28.0.